The van der Waals surface area contributed by atoms with Crippen molar-refractivity contribution in [2.75, 3.05) is 0 Å². The van der Waals surface area contributed by atoms with Crippen molar-refractivity contribution in [3.63, 3.8) is 0 Å². The summed E-state index contributed by atoms with van der Waals surface area (Å²) in [5, 5.41) is 10.6. The molecular weight excluding hydrogens is 281 g/mol. The predicted octanol–water partition coefficient (Wildman–Crippen LogP) is 4.89. The van der Waals surface area contributed by atoms with E-state index in [0.717, 1.165) is 5.39 Å². The van der Waals surface area contributed by atoms with Crippen LogP contribution in [0.1, 0.15) is 10.4 Å². The van der Waals surface area contributed by atoms with Gasteiger partial charge in [0.1, 0.15) is 5.82 Å². The summed E-state index contributed by atoms with van der Waals surface area (Å²) in [4.78, 5) is 14.3. The summed E-state index contributed by atoms with van der Waals surface area (Å²) in [6.45, 7) is 7.00. The van der Waals surface area contributed by atoms with E-state index in [4.69, 9.17) is 11.7 Å². The number of halogens is 1. The number of benzene rings is 3. The van der Waals surface area contributed by atoms with Crippen LogP contribution >= 0.6 is 0 Å². The van der Waals surface area contributed by atoms with Crippen molar-refractivity contribution in [2.24, 2.45) is 0 Å². The third-order valence-electron chi connectivity index (χ3n) is 3.52. The lowest BCUT2D eigenvalue weighted by Gasteiger charge is -2.09. The van der Waals surface area contributed by atoms with E-state index in [1.165, 1.54) is 18.2 Å². The Balaban J connectivity index is 2.34. The molecule has 1 N–H and O–H groups in total. The quantitative estimate of drug-likeness (QED) is 0.683. The van der Waals surface area contributed by atoms with Gasteiger partial charge in [-0.05, 0) is 28.5 Å². The highest BCUT2D eigenvalue weighted by Crippen LogP contribution is 2.34. The SMILES string of the molecule is [C-]#[N+]c1cccc(-c2cccc3ccc(C(=O)O)cc23)c1F. The molecule has 0 heterocycles. The van der Waals surface area contributed by atoms with Crippen LogP contribution < -0.4 is 0 Å². The summed E-state index contributed by atoms with van der Waals surface area (Å²) in [5.41, 5.74) is 0.954. The van der Waals surface area contributed by atoms with Crippen LogP contribution in [0.5, 0.6) is 0 Å². The van der Waals surface area contributed by atoms with Crippen LogP contribution in [0, 0.1) is 12.4 Å². The summed E-state index contributed by atoms with van der Waals surface area (Å²) in [6, 6.07) is 14.7. The van der Waals surface area contributed by atoms with Crippen LogP contribution in [-0.4, -0.2) is 11.1 Å². The second-order valence-electron chi connectivity index (χ2n) is 4.80. The molecule has 0 fully saturated rings. The van der Waals surface area contributed by atoms with Gasteiger partial charge in [0.25, 0.3) is 0 Å². The lowest BCUT2D eigenvalue weighted by atomic mass is 9.96. The molecule has 3 aromatic carbocycles. The van der Waals surface area contributed by atoms with Gasteiger partial charge in [-0.25, -0.2) is 14.0 Å². The molecule has 106 valence electrons. The van der Waals surface area contributed by atoms with Gasteiger partial charge in [-0.1, -0.05) is 42.5 Å². The minimum Gasteiger partial charge on any atom is -0.478 e. The monoisotopic (exact) mass is 291 g/mol. The van der Waals surface area contributed by atoms with Gasteiger partial charge in [0.15, 0.2) is 0 Å². The molecule has 0 aromatic heterocycles. The van der Waals surface area contributed by atoms with E-state index in [2.05, 4.69) is 4.85 Å². The second-order valence-corrected chi connectivity index (χ2v) is 4.80. The number of hydrogen-bond donors (Lipinski definition) is 1. The van der Waals surface area contributed by atoms with Crippen LogP contribution in [0.15, 0.2) is 54.6 Å². The maximum atomic E-state index is 14.4. The third kappa shape index (κ3) is 2.19. The van der Waals surface area contributed by atoms with Crippen LogP contribution in [0.3, 0.4) is 0 Å². The molecule has 0 unspecified atom stereocenters. The maximum absolute atomic E-state index is 14.4. The molecule has 0 bridgehead atoms. The smallest absolute Gasteiger partial charge is 0.335 e. The van der Waals surface area contributed by atoms with E-state index in [0.29, 0.717) is 16.5 Å². The number of carboxylic acid groups (broad SMARTS) is 1. The summed E-state index contributed by atoms with van der Waals surface area (Å²) in [6.07, 6.45) is 0. The van der Waals surface area contributed by atoms with E-state index in [1.54, 1.807) is 30.3 Å². The Morgan fingerprint density at radius 1 is 1.05 bits per heavy atom. The Labute approximate surface area is 126 Å². The molecule has 0 aliphatic carbocycles. The minimum atomic E-state index is -1.04. The van der Waals surface area contributed by atoms with Gasteiger partial charge in [0, 0.05) is 5.56 Å². The highest BCUT2D eigenvalue weighted by molar-refractivity contribution is 6.01. The van der Waals surface area contributed by atoms with Crippen LogP contribution in [-0.2, 0) is 0 Å². The standard InChI is InChI=1S/C18H10FNO2/c1-20-16-7-3-6-14(17(16)19)13-5-2-4-11-8-9-12(18(21)22)10-15(11)13/h2-10H,(H,21,22). The Morgan fingerprint density at radius 2 is 1.77 bits per heavy atom. The van der Waals surface area contributed by atoms with Crippen molar-refractivity contribution < 1.29 is 14.3 Å². The van der Waals surface area contributed by atoms with Crippen LogP contribution in [0.2, 0.25) is 0 Å². The molecule has 22 heavy (non-hydrogen) atoms. The second kappa shape index (κ2) is 5.30. The van der Waals surface area contributed by atoms with Gasteiger partial charge in [0.05, 0.1) is 12.1 Å². The topological polar surface area (TPSA) is 41.7 Å². The first-order valence-corrected chi connectivity index (χ1v) is 6.54. The van der Waals surface area contributed by atoms with Gasteiger partial charge in [0.2, 0.25) is 5.69 Å². The first-order chi connectivity index (χ1) is 10.6. The molecule has 3 rings (SSSR count). The Bertz CT molecular complexity index is 941. The molecule has 4 heteroatoms. The van der Waals surface area contributed by atoms with Crippen molar-refractivity contribution in [3.05, 3.63) is 77.4 Å². The van der Waals surface area contributed by atoms with Gasteiger partial charge >= 0.3 is 5.97 Å². The zero-order chi connectivity index (χ0) is 15.7. The highest BCUT2D eigenvalue weighted by atomic mass is 19.1. The van der Waals surface area contributed by atoms with E-state index in [-0.39, 0.29) is 11.3 Å². The van der Waals surface area contributed by atoms with Gasteiger partial charge < -0.3 is 5.11 Å². The lowest BCUT2D eigenvalue weighted by Crippen LogP contribution is -1.96. The fraction of sp³-hybridized carbons (Fsp3) is 0. The predicted molar refractivity (Wildman–Crippen MR) is 82.6 cm³/mol. The summed E-state index contributed by atoms with van der Waals surface area (Å²) in [7, 11) is 0. The summed E-state index contributed by atoms with van der Waals surface area (Å²) < 4.78 is 14.4. The Hall–Kier alpha value is -3.19. The molecule has 3 nitrogen and oxygen atoms in total. The molecule has 0 aliphatic heterocycles. The van der Waals surface area contributed by atoms with Gasteiger partial charge in [-0.15, -0.1) is 0 Å². The number of hydrogen-bond acceptors (Lipinski definition) is 1. The maximum Gasteiger partial charge on any atom is 0.335 e. The fourth-order valence-electron chi connectivity index (χ4n) is 2.45. The average molecular weight is 291 g/mol. The normalized spacial score (nSPS) is 10.4. The molecule has 0 spiro atoms. The third-order valence-corrected chi connectivity index (χ3v) is 3.52. The minimum absolute atomic E-state index is 0.0520. The molecule has 0 saturated carbocycles. The van der Waals surface area contributed by atoms with Crippen molar-refractivity contribution in [2.45, 2.75) is 0 Å². The van der Waals surface area contributed by atoms with Crippen molar-refractivity contribution in [1.29, 1.82) is 0 Å². The van der Waals surface area contributed by atoms with E-state index >= 15 is 0 Å². The lowest BCUT2D eigenvalue weighted by molar-refractivity contribution is 0.0697. The first kappa shape index (κ1) is 13.8. The number of aromatic carboxylic acids is 1. The Morgan fingerprint density at radius 3 is 2.50 bits per heavy atom. The molecule has 3 aromatic rings. The number of carbonyl (C=O) groups is 1. The Kier molecular flexibility index (Phi) is 3.32. The van der Waals surface area contributed by atoms with Crippen molar-refractivity contribution in [3.8, 4) is 11.1 Å². The largest absolute Gasteiger partial charge is 0.478 e. The van der Waals surface area contributed by atoms with E-state index in [9.17, 15) is 9.18 Å². The van der Waals surface area contributed by atoms with Gasteiger partial charge in [-0.3, -0.25) is 0 Å². The van der Waals surface area contributed by atoms with Crippen LogP contribution in [0.25, 0.3) is 26.7 Å². The number of carboxylic acids is 1. The van der Waals surface area contributed by atoms with E-state index in [1.807, 2.05) is 6.07 Å². The van der Waals surface area contributed by atoms with Crippen molar-refractivity contribution >= 4 is 22.4 Å². The number of rotatable bonds is 2. The molecule has 0 radical (unpaired) electrons. The number of nitrogens with zero attached hydrogens (tertiary/aromatic N) is 1. The molecule has 0 aliphatic rings. The van der Waals surface area contributed by atoms with Crippen molar-refractivity contribution in [1.82, 2.24) is 0 Å². The summed E-state index contributed by atoms with van der Waals surface area (Å²) >= 11 is 0. The number of fused-ring (bicyclic) bond motifs is 1. The molecule has 0 amide bonds. The zero-order valence-corrected chi connectivity index (χ0v) is 11.4. The zero-order valence-electron chi connectivity index (χ0n) is 11.4. The fourth-order valence-corrected chi connectivity index (χ4v) is 2.45. The molecule has 0 atom stereocenters. The molecular formula is C18H10FNO2. The highest BCUT2D eigenvalue weighted by Gasteiger charge is 2.13. The van der Waals surface area contributed by atoms with E-state index < -0.39 is 11.8 Å². The van der Waals surface area contributed by atoms with Gasteiger partial charge in [-0.2, -0.15) is 0 Å². The summed E-state index contributed by atoms with van der Waals surface area (Å²) in [5.74, 6) is -1.63. The molecule has 0 saturated heterocycles. The average Bonchev–Trinajstić information content (AvgIpc) is 2.54. The first-order valence-electron chi connectivity index (χ1n) is 6.54. The van der Waals surface area contributed by atoms with Crippen LogP contribution in [0.4, 0.5) is 10.1 Å².